The first-order valence-electron chi connectivity index (χ1n) is 10.6. The fourth-order valence-corrected chi connectivity index (χ4v) is 3.68. The van der Waals surface area contributed by atoms with Crippen molar-refractivity contribution in [1.82, 2.24) is 0 Å². The Morgan fingerprint density at radius 3 is 2.34 bits per heavy atom. The fourth-order valence-electron chi connectivity index (χ4n) is 3.68. The van der Waals surface area contributed by atoms with Gasteiger partial charge in [0.2, 0.25) is 0 Å². The molecular formula is C25H27N5O2. The lowest BCUT2D eigenvalue weighted by molar-refractivity contribution is -0.117. The molecule has 1 atom stereocenters. The summed E-state index contributed by atoms with van der Waals surface area (Å²) in [7, 11) is 0. The molecule has 32 heavy (non-hydrogen) atoms. The van der Waals surface area contributed by atoms with E-state index < -0.39 is 6.04 Å². The predicted octanol–water partition coefficient (Wildman–Crippen LogP) is 3.60. The number of rotatable bonds is 7. The second-order valence-electron chi connectivity index (χ2n) is 7.62. The molecule has 4 rings (SSSR count). The highest BCUT2D eigenvalue weighted by Gasteiger charge is 2.21. The number of benzene rings is 3. The summed E-state index contributed by atoms with van der Waals surface area (Å²) in [5, 5.41) is 14.0. The third-order valence-electron chi connectivity index (χ3n) is 5.39. The van der Waals surface area contributed by atoms with Crippen LogP contribution in [0, 0.1) is 5.41 Å². The average Bonchev–Trinajstić information content (AvgIpc) is 2.84. The number of nitrogens with two attached hydrogens (primary N) is 1. The number of hydrogen-bond acceptors (Lipinski definition) is 5. The molecule has 7 heteroatoms. The molecule has 0 aliphatic carbocycles. The molecule has 1 aliphatic heterocycles. The maximum Gasteiger partial charge on any atom is 0.251 e. The molecule has 7 nitrogen and oxygen atoms in total. The zero-order valence-electron chi connectivity index (χ0n) is 17.8. The Labute approximate surface area is 187 Å². The minimum atomic E-state index is -0.614. The Morgan fingerprint density at radius 1 is 0.938 bits per heavy atom. The topological polar surface area (TPSA) is 103 Å². The van der Waals surface area contributed by atoms with E-state index in [2.05, 4.69) is 15.5 Å². The van der Waals surface area contributed by atoms with Gasteiger partial charge in [-0.2, -0.15) is 0 Å². The summed E-state index contributed by atoms with van der Waals surface area (Å²) < 4.78 is 5.41. The van der Waals surface area contributed by atoms with Gasteiger partial charge in [0.15, 0.2) is 0 Å². The SMILES string of the molecule is N=C(N)c1cccc(NC(C(=O)Nc2ccc(N3CCOCC3)cc2)c2ccccc2)c1. The molecule has 0 bridgehead atoms. The van der Waals surface area contributed by atoms with Gasteiger partial charge in [-0.05, 0) is 42.0 Å². The molecule has 1 heterocycles. The number of carbonyl (C=O) groups is 1. The van der Waals surface area contributed by atoms with Crippen LogP contribution in [-0.2, 0) is 9.53 Å². The highest BCUT2D eigenvalue weighted by Crippen LogP contribution is 2.24. The molecule has 164 valence electrons. The Balaban J connectivity index is 1.51. The van der Waals surface area contributed by atoms with Crippen molar-refractivity contribution in [3.63, 3.8) is 0 Å². The van der Waals surface area contributed by atoms with E-state index in [0.29, 0.717) is 11.3 Å². The second kappa shape index (κ2) is 9.98. The van der Waals surface area contributed by atoms with E-state index in [4.69, 9.17) is 15.9 Å². The van der Waals surface area contributed by atoms with Gasteiger partial charge in [0.25, 0.3) is 5.91 Å². The molecule has 3 aromatic rings. The molecule has 1 aliphatic rings. The van der Waals surface area contributed by atoms with Crippen LogP contribution in [-0.4, -0.2) is 38.0 Å². The number of amidine groups is 1. The zero-order chi connectivity index (χ0) is 22.3. The van der Waals surface area contributed by atoms with Crippen molar-refractivity contribution in [1.29, 1.82) is 5.41 Å². The smallest absolute Gasteiger partial charge is 0.251 e. The van der Waals surface area contributed by atoms with Crippen LogP contribution in [0.15, 0.2) is 78.9 Å². The van der Waals surface area contributed by atoms with Gasteiger partial charge >= 0.3 is 0 Å². The Hall–Kier alpha value is -3.84. The van der Waals surface area contributed by atoms with Crippen LogP contribution >= 0.6 is 0 Å². The molecule has 1 amide bonds. The van der Waals surface area contributed by atoms with E-state index in [-0.39, 0.29) is 11.7 Å². The summed E-state index contributed by atoms with van der Waals surface area (Å²) in [4.78, 5) is 15.5. The van der Waals surface area contributed by atoms with Gasteiger partial charge in [-0.25, -0.2) is 0 Å². The van der Waals surface area contributed by atoms with Crippen molar-refractivity contribution in [3.05, 3.63) is 90.0 Å². The number of ether oxygens (including phenoxy) is 1. The maximum absolute atomic E-state index is 13.3. The summed E-state index contributed by atoms with van der Waals surface area (Å²) in [6.07, 6.45) is 0. The lowest BCUT2D eigenvalue weighted by Gasteiger charge is -2.29. The van der Waals surface area contributed by atoms with E-state index in [1.807, 2.05) is 66.7 Å². The third-order valence-corrected chi connectivity index (χ3v) is 5.39. The van der Waals surface area contributed by atoms with Crippen LogP contribution < -0.4 is 21.3 Å². The van der Waals surface area contributed by atoms with Gasteiger partial charge in [0.05, 0.1) is 13.2 Å². The van der Waals surface area contributed by atoms with Crippen LogP contribution in [0.5, 0.6) is 0 Å². The van der Waals surface area contributed by atoms with Crippen LogP contribution in [0.4, 0.5) is 17.1 Å². The van der Waals surface area contributed by atoms with E-state index in [1.165, 1.54) is 0 Å². The molecule has 1 unspecified atom stereocenters. The normalized spacial score (nSPS) is 14.4. The van der Waals surface area contributed by atoms with E-state index in [9.17, 15) is 4.79 Å². The summed E-state index contributed by atoms with van der Waals surface area (Å²) in [6.45, 7) is 3.19. The molecule has 5 N–H and O–H groups in total. The van der Waals surface area contributed by atoms with Gasteiger partial charge in [-0.15, -0.1) is 0 Å². The Kier molecular flexibility index (Phi) is 6.67. The van der Waals surface area contributed by atoms with Gasteiger partial charge in [-0.1, -0.05) is 42.5 Å². The monoisotopic (exact) mass is 429 g/mol. The lowest BCUT2D eigenvalue weighted by atomic mass is 10.0. The molecule has 1 saturated heterocycles. The van der Waals surface area contributed by atoms with Crippen LogP contribution in [0.3, 0.4) is 0 Å². The van der Waals surface area contributed by atoms with Crippen molar-refractivity contribution >= 4 is 28.8 Å². The Bertz CT molecular complexity index is 1060. The number of nitrogens with one attached hydrogen (secondary N) is 3. The minimum absolute atomic E-state index is 0.0188. The lowest BCUT2D eigenvalue weighted by Crippen LogP contribution is -2.36. The van der Waals surface area contributed by atoms with Crippen LogP contribution in [0.1, 0.15) is 17.2 Å². The zero-order valence-corrected chi connectivity index (χ0v) is 17.8. The first-order chi connectivity index (χ1) is 15.6. The number of amides is 1. The Morgan fingerprint density at radius 2 is 1.66 bits per heavy atom. The summed E-state index contributed by atoms with van der Waals surface area (Å²) in [6, 6.07) is 24.0. The summed E-state index contributed by atoms with van der Waals surface area (Å²) in [5.41, 5.74) is 9.61. The predicted molar refractivity (Wildman–Crippen MR) is 128 cm³/mol. The van der Waals surface area contributed by atoms with Gasteiger partial charge < -0.3 is 26.0 Å². The standard InChI is InChI=1S/C25H27N5O2/c26-24(27)19-7-4-8-21(17-19)28-23(18-5-2-1-3-6-18)25(31)29-20-9-11-22(12-10-20)30-13-15-32-16-14-30/h1-12,17,23,28H,13-16H2,(H3,26,27)(H,29,31). The molecule has 0 aromatic heterocycles. The van der Waals surface area contributed by atoms with E-state index in [0.717, 1.165) is 43.2 Å². The quantitative estimate of drug-likeness (QED) is 0.339. The molecule has 1 fully saturated rings. The van der Waals surface area contributed by atoms with Crippen molar-refractivity contribution in [2.75, 3.05) is 41.8 Å². The molecule has 0 spiro atoms. The van der Waals surface area contributed by atoms with Crippen LogP contribution in [0.25, 0.3) is 0 Å². The van der Waals surface area contributed by atoms with Crippen LogP contribution in [0.2, 0.25) is 0 Å². The number of anilines is 3. The molecule has 3 aromatic carbocycles. The number of carbonyl (C=O) groups excluding carboxylic acids is 1. The number of nitrogens with zero attached hydrogens (tertiary/aromatic N) is 1. The summed E-state index contributed by atoms with van der Waals surface area (Å²) >= 11 is 0. The summed E-state index contributed by atoms with van der Waals surface area (Å²) in [5.74, 6) is -0.196. The second-order valence-corrected chi connectivity index (χ2v) is 7.62. The van der Waals surface area contributed by atoms with Gasteiger partial charge in [0, 0.05) is 35.7 Å². The van der Waals surface area contributed by atoms with E-state index >= 15 is 0 Å². The van der Waals surface area contributed by atoms with Gasteiger partial charge in [-0.3, -0.25) is 10.2 Å². The van der Waals surface area contributed by atoms with Crippen molar-refractivity contribution in [2.45, 2.75) is 6.04 Å². The van der Waals surface area contributed by atoms with Crippen molar-refractivity contribution in [3.8, 4) is 0 Å². The van der Waals surface area contributed by atoms with Crippen molar-refractivity contribution < 1.29 is 9.53 Å². The minimum Gasteiger partial charge on any atom is -0.384 e. The number of nitrogen functional groups attached to an aromatic ring is 1. The fraction of sp³-hybridized carbons (Fsp3) is 0.200. The first kappa shape index (κ1) is 21.4. The largest absolute Gasteiger partial charge is 0.384 e. The number of hydrogen-bond donors (Lipinski definition) is 4. The third kappa shape index (κ3) is 5.25. The molecule has 0 radical (unpaired) electrons. The number of morpholine rings is 1. The average molecular weight is 430 g/mol. The first-order valence-corrected chi connectivity index (χ1v) is 10.6. The van der Waals surface area contributed by atoms with E-state index in [1.54, 1.807) is 12.1 Å². The maximum atomic E-state index is 13.3. The molecule has 0 saturated carbocycles. The van der Waals surface area contributed by atoms with Crippen molar-refractivity contribution in [2.24, 2.45) is 5.73 Å². The van der Waals surface area contributed by atoms with Gasteiger partial charge in [0.1, 0.15) is 11.9 Å². The molecular weight excluding hydrogens is 402 g/mol. The highest BCUT2D eigenvalue weighted by atomic mass is 16.5. The highest BCUT2D eigenvalue weighted by molar-refractivity contribution is 5.98.